The van der Waals surface area contributed by atoms with Crippen molar-refractivity contribution in [3.05, 3.63) is 0 Å². The van der Waals surface area contributed by atoms with Crippen molar-refractivity contribution in [2.75, 3.05) is 28.2 Å². The van der Waals surface area contributed by atoms with E-state index < -0.39 is 18.3 Å². The summed E-state index contributed by atoms with van der Waals surface area (Å²) < 4.78 is 53.1. The molecule has 0 rings (SSSR count). The number of thiocarbonyl (C=S) groups is 1. The summed E-state index contributed by atoms with van der Waals surface area (Å²) in [5.41, 5.74) is 0. The second kappa shape index (κ2) is 7.45. The van der Waals surface area contributed by atoms with E-state index >= 15 is 0 Å². The molecule has 0 radical (unpaired) electrons. The van der Waals surface area contributed by atoms with Gasteiger partial charge >= 0.3 is 18.3 Å². The van der Waals surface area contributed by atoms with Crippen LogP contribution in [0.3, 0.4) is 0 Å². The maximum absolute atomic E-state index is 10.4. The van der Waals surface area contributed by atoms with Gasteiger partial charge in [0.1, 0.15) is 4.32 Å². The molecule has 17 heavy (non-hydrogen) atoms. The molecule has 0 atom stereocenters. The summed E-state index contributed by atoms with van der Waals surface area (Å²) in [6.45, 7) is 0. The predicted octanol–water partition coefficient (Wildman–Crippen LogP) is -0.625. The van der Waals surface area contributed by atoms with Crippen molar-refractivity contribution in [2.45, 2.75) is 0 Å². The van der Waals surface area contributed by atoms with Crippen LogP contribution < -0.4 is 0 Å². The molecule has 0 unspecified atom stereocenters. The van der Waals surface area contributed by atoms with E-state index in [4.69, 9.17) is 4.55 Å². The number of nitrogens with zero attached hydrogens (tertiary/aromatic N) is 2. The second-order valence-corrected chi connectivity index (χ2v) is 8.32. The number of hydrogen-bond acceptors (Lipinski definition) is 7. The average molecular weight is 326 g/mol. The van der Waals surface area contributed by atoms with E-state index in [0.717, 1.165) is 14.1 Å². The molecule has 0 aliphatic rings. The molecular weight excluding hydrogens is 312 g/mol. The van der Waals surface area contributed by atoms with Crippen molar-refractivity contribution < 1.29 is 25.7 Å². The summed E-state index contributed by atoms with van der Waals surface area (Å²) in [4.78, 5) is 1.76. The first kappa shape index (κ1) is 19.4. The minimum Gasteiger partial charge on any atom is -0.364 e. The first-order valence-electron chi connectivity index (χ1n) is 3.81. The number of hydroxylamine groups is 2. The standard InChI is InChI=1S/C3H7NS2.C2H7NO6S2/c1-4(2)3(5)6;1-3(2)9-11(7,8)10(4,5)6/h1-2H3,(H,5,6);1-2H3,(H,4,5,6). The molecule has 0 saturated carbocycles. The fourth-order valence-electron chi connectivity index (χ4n) is 0.221. The van der Waals surface area contributed by atoms with Gasteiger partial charge in [-0.2, -0.15) is 26.2 Å². The van der Waals surface area contributed by atoms with Gasteiger partial charge in [0.25, 0.3) is 0 Å². The van der Waals surface area contributed by atoms with Crippen molar-refractivity contribution in [3.8, 4) is 0 Å². The van der Waals surface area contributed by atoms with Gasteiger partial charge in [-0.05, 0) is 0 Å². The second-order valence-electron chi connectivity index (χ2n) is 2.90. The Hall–Kier alpha value is 0.0200. The van der Waals surface area contributed by atoms with Gasteiger partial charge in [0.15, 0.2) is 0 Å². The molecule has 0 spiro atoms. The Morgan fingerprint density at radius 3 is 1.53 bits per heavy atom. The third kappa shape index (κ3) is 9.70. The smallest absolute Gasteiger partial charge is 0.364 e. The predicted molar refractivity (Wildman–Crippen MR) is 70.5 cm³/mol. The maximum atomic E-state index is 10.4. The lowest BCUT2D eigenvalue weighted by atomic mass is 11.0. The lowest BCUT2D eigenvalue weighted by Gasteiger charge is -2.06. The Labute approximate surface area is 111 Å². The van der Waals surface area contributed by atoms with Gasteiger partial charge in [-0.15, -0.1) is 12.6 Å². The SMILES string of the molecule is CN(C)C(=S)S.CN(C)OS(=O)(=O)S(=O)(=O)O. The topological polar surface area (TPSA) is 104 Å². The molecule has 104 valence electrons. The van der Waals surface area contributed by atoms with Gasteiger partial charge in [-0.1, -0.05) is 12.2 Å². The summed E-state index contributed by atoms with van der Waals surface area (Å²) in [6.07, 6.45) is 0. The highest BCUT2D eigenvalue weighted by Gasteiger charge is 2.29. The first-order valence-corrected chi connectivity index (χ1v) is 8.03. The van der Waals surface area contributed by atoms with Crippen molar-refractivity contribution in [2.24, 2.45) is 0 Å². The zero-order valence-corrected chi connectivity index (χ0v) is 12.9. The molecule has 0 aromatic rings. The van der Waals surface area contributed by atoms with Gasteiger partial charge in [-0.25, -0.2) is 0 Å². The third-order valence-electron chi connectivity index (χ3n) is 0.881. The van der Waals surface area contributed by atoms with Gasteiger partial charge in [0.2, 0.25) is 0 Å². The van der Waals surface area contributed by atoms with E-state index in [9.17, 15) is 16.8 Å². The van der Waals surface area contributed by atoms with E-state index in [2.05, 4.69) is 29.1 Å². The molecule has 8 nitrogen and oxygen atoms in total. The Morgan fingerprint density at radius 1 is 1.18 bits per heavy atom. The molecule has 0 saturated heterocycles. The van der Waals surface area contributed by atoms with Crippen LogP contribution in [0.25, 0.3) is 0 Å². The number of rotatable bonds is 3. The normalized spacial score (nSPS) is 11.7. The third-order valence-corrected chi connectivity index (χ3v) is 4.37. The minimum atomic E-state index is -5.19. The molecule has 0 bridgehead atoms. The molecule has 0 aromatic carbocycles. The Kier molecular flexibility index (Phi) is 8.49. The quantitative estimate of drug-likeness (QED) is 0.231. The van der Waals surface area contributed by atoms with Crippen molar-refractivity contribution in [1.82, 2.24) is 9.96 Å². The molecule has 1 N–H and O–H groups in total. The summed E-state index contributed by atoms with van der Waals surface area (Å²) >= 11 is 8.46. The van der Waals surface area contributed by atoms with Crippen molar-refractivity contribution >= 4 is 47.5 Å². The fourth-order valence-corrected chi connectivity index (χ4v) is 1.26. The van der Waals surface area contributed by atoms with Crippen LogP contribution >= 0.6 is 24.8 Å². The Balaban J connectivity index is 0. The molecule has 12 heteroatoms. The first-order chi connectivity index (χ1) is 7.31. The van der Waals surface area contributed by atoms with Crippen LogP contribution in [-0.4, -0.2) is 63.9 Å². The largest absolute Gasteiger partial charge is 0.415 e. The summed E-state index contributed by atoms with van der Waals surface area (Å²) in [7, 11) is -4.11. The molecule has 0 amide bonds. The highest BCUT2D eigenvalue weighted by Crippen LogP contribution is 2.02. The van der Waals surface area contributed by atoms with E-state index in [1.54, 1.807) is 4.90 Å². The highest BCUT2D eigenvalue weighted by molar-refractivity contribution is 8.63. The van der Waals surface area contributed by atoms with E-state index in [1.807, 2.05) is 14.1 Å². The van der Waals surface area contributed by atoms with Gasteiger partial charge in [0, 0.05) is 28.2 Å². The number of thiol groups is 1. The fraction of sp³-hybridized carbons (Fsp3) is 0.800. The monoisotopic (exact) mass is 326 g/mol. The van der Waals surface area contributed by atoms with Crippen LogP contribution in [0, 0.1) is 0 Å². The molecule has 0 aromatic heterocycles. The van der Waals surface area contributed by atoms with Crippen LogP contribution in [0.1, 0.15) is 0 Å². The van der Waals surface area contributed by atoms with Crippen molar-refractivity contribution in [1.29, 1.82) is 0 Å². The molecule has 0 aliphatic heterocycles. The minimum absolute atomic E-state index is 0.620. The van der Waals surface area contributed by atoms with Crippen LogP contribution in [0.2, 0.25) is 0 Å². The Morgan fingerprint density at radius 2 is 1.47 bits per heavy atom. The van der Waals surface area contributed by atoms with Gasteiger partial charge < -0.3 is 4.90 Å². The van der Waals surface area contributed by atoms with Crippen LogP contribution in [0.4, 0.5) is 0 Å². The average Bonchev–Trinajstić information content (AvgIpc) is 1.99. The lowest BCUT2D eigenvalue weighted by molar-refractivity contribution is 0.00847. The van der Waals surface area contributed by atoms with E-state index in [0.29, 0.717) is 9.38 Å². The zero-order chi connectivity index (χ0) is 14.4. The van der Waals surface area contributed by atoms with Crippen molar-refractivity contribution in [3.63, 3.8) is 0 Å². The Bertz CT molecular complexity index is 439. The van der Waals surface area contributed by atoms with Gasteiger partial charge in [0.05, 0.1) is 0 Å². The summed E-state index contributed by atoms with van der Waals surface area (Å²) in [5, 5.41) is 0.628. The van der Waals surface area contributed by atoms with E-state index in [1.165, 1.54) is 0 Å². The lowest BCUT2D eigenvalue weighted by Crippen LogP contribution is -2.24. The van der Waals surface area contributed by atoms with E-state index in [-0.39, 0.29) is 0 Å². The van der Waals surface area contributed by atoms with Crippen LogP contribution in [-0.2, 0) is 22.6 Å². The summed E-state index contributed by atoms with van der Waals surface area (Å²) in [5.74, 6) is 0. The summed E-state index contributed by atoms with van der Waals surface area (Å²) in [6, 6.07) is 0. The highest BCUT2D eigenvalue weighted by atomic mass is 33.2. The van der Waals surface area contributed by atoms with Gasteiger partial charge in [-0.3, -0.25) is 4.55 Å². The van der Waals surface area contributed by atoms with Crippen LogP contribution in [0.15, 0.2) is 0 Å². The molecular formula is C5H14N2O6S4. The van der Waals surface area contributed by atoms with Crippen LogP contribution in [0.5, 0.6) is 0 Å². The molecule has 0 fully saturated rings. The molecule has 0 aliphatic carbocycles. The number of hydrogen-bond donors (Lipinski definition) is 2. The zero-order valence-electron chi connectivity index (χ0n) is 9.55. The maximum Gasteiger partial charge on any atom is 0.415 e. The molecule has 0 heterocycles.